The van der Waals surface area contributed by atoms with Gasteiger partial charge < -0.3 is 19.7 Å². The maximum absolute atomic E-state index is 12.7. The lowest BCUT2D eigenvalue weighted by Gasteiger charge is -2.26. The van der Waals surface area contributed by atoms with Crippen LogP contribution in [0.5, 0.6) is 11.5 Å². The zero-order valence-corrected chi connectivity index (χ0v) is 17.1. The van der Waals surface area contributed by atoms with Crippen LogP contribution in [0.25, 0.3) is 0 Å². The summed E-state index contributed by atoms with van der Waals surface area (Å²) in [5, 5.41) is 2.89. The second-order valence-electron chi connectivity index (χ2n) is 7.16. The van der Waals surface area contributed by atoms with E-state index in [1.807, 2.05) is 23.1 Å². The Morgan fingerprint density at radius 2 is 1.79 bits per heavy atom. The number of hydrogen-bond acceptors (Lipinski definition) is 4. The number of nitrogens with one attached hydrogen (secondary N) is 1. The minimum Gasteiger partial charge on any atom is -0.497 e. The molecule has 6 nitrogen and oxygen atoms in total. The molecule has 154 valence electrons. The number of nitrogens with zero attached hydrogens (tertiary/aromatic N) is 1. The van der Waals surface area contributed by atoms with Crippen molar-refractivity contribution in [3.8, 4) is 11.5 Å². The molecule has 0 aliphatic carbocycles. The molecule has 29 heavy (non-hydrogen) atoms. The summed E-state index contributed by atoms with van der Waals surface area (Å²) in [6.45, 7) is 1.61. The van der Waals surface area contributed by atoms with E-state index in [0.717, 1.165) is 43.0 Å². The first kappa shape index (κ1) is 20.7. The Kier molecular flexibility index (Phi) is 7.11. The summed E-state index contributed by atoms with van der Waals surface area (Å²) in [6.07, 6.45) is 4.11. The fraction of sp³-hybridized carbons (Fsp3) is 0.391. The number of hydrogen-bond donors (Lipinski definition) is 1. The molecule has 1 N–H and O–H groups in total. The number of rotatable bonds is 7. The number of aryl methyl sites for hydroxylation is 1. The summed E-state index contributed by atoms with van der Waals surface area (Å²) in [6, 6.07) is 12.7. The molecular formula is C23H28N2O4. The molecule has 2 aromatic carbocycles. The Morgan fingerprint density at radius 3 is 2.52 bits per heavy atom. The summed E-state index contributed by atoms with van der Waals surface area (Å²) in [5.41, 5.74) is 2.16. The lowest BCUT2D eigenvalue weighted by atomic mass is 10.1. The summed E-state index contributed by atoms with van der Waals surface area (Å²) in [4.78, 5) is 27.0. The first-order chi connectivity index (χ1) is 14.1. The van der Waals surface area contributed by atoms with E-state index in [2.05, 4.69) is 5.32 Å². The van der Waals surface area contributed by atoms with Crippen molar-refractivity contribution in [3.05, 3.63) is 53.6 Å². The summed E-state index contributed by atoms with van der Waals surface area (Å²) < 4.78 is 10.6. The number of ether oxygens (including phenoxy) is 2. The third-order valence-corrected chi connectivity index (χ3v) is 5.15. The Balaban J connectivity index is 1.60. The molecule has 2 aromatic rings. The molecule has 1 aliphatic heterocycles. The van der Waals surface area contributed by atoms with Crippen molar-refractivity contribution in [1.82, 2.24) is 4.90 Å². The highest BCUT2D eigenvalue weighted by atomic mass is 16.5. The summed E-state index contributed by atoms with van der Waals surface area (Å²) in [7, 11) is 3.21. The van der Waals surface area contributed by atoms with E-state index in [4.69, 9.17) is 9.47 Å². The van der Waals surface area contributed by atoms with Gasteiger partial charge in [-0.3, -0.25) is 9.59 Å². The zero-order chi connectivity index (χ0) is 20.6. The number of carbonyl (C=O) groups excluding carboxylic acids is 2. The molecule has 1 aliphatic rings. The SMILES string of the molecule is COc1ccc(OC)c(CCC(=O)Nc2cccc(C(=O)N3CCCCC3)c2)c1. The van der Waals surface area contributed by atoms with Gasteiger partial charge in [0.2, 0.25) is 5.91 Å². The van der Waals surface area contributed by atoms with Gasteiger partial charge in [-0.15, -0.1) is 0 Å². The second kappa shape index (κ2) is 9.96. The van der Waals surface area contributed by atoms with Gasteiger partial charge in [0.05, 0.1) is 14.2 Å². The number of amides is 2. The predicted octanol–water partition coefficient (Wildman–Crippen LogP) is 3.90. The van der Waals surface area contributed by atoms with E-state index < -0.39 is 0 Å². The standard InChI is InChI=1S/C23H28N2O4/c1-28-20-10-11-21(29-2)17(16-20)9-12-22(26)24-19-8-6-7-18(15-19)23(27)25-13-4-3-5-14-25/h6-8,10-11,15-16H,3-5,9,12-14H2,1-2H3,(H,24,26). The zero-order valence-electron chi connectivity index (χ0n) is 17.1. The molecule has 1 saturated heterocycles. The van der Waals surface area contributed by atoms with Gasteiger partial charge in [0.25, 0.3) is 5.91 Å². The molecule has 0 saturated carbocycles. The van der Waals surface area contributed by atoms with Crippen molar-refractivity contribution in [1.29, 1.82) is 0 Å². The van der Waals surface area contributed by atoms with Crippen molar-refractivity contribution in [2.24, 2.45) is 0 Å². The van der Waals surface area contributed by atoms with E-state index in [1.54, 1.807) is 38.5 Å². The van der Waals surface area contributed by atoms with Gasteiger partial charge in [-0.05, 0) is 67.6 Å². The fourth-order valence-corrected chi connectivity index (χ4v) is 3.56. The number of anilines is 1. The van der Waals surface area contributed by atoms with Crippen molar-refractivity contribution >= 4 is 17.5 Å². The number of methoxy groups -OCH3 is 2. The first-order valence-corrected chi connectivity index (χ1v) is 10.0. The number of benzene rings is 2. The van der Waals surface area contributed by atoms with Crippen LogP contribution in [-0.2, 0) is 11.2 Å². The van der Waals surface area contributed by atoms with E-state index in [-0.39, 0.29) is 11.8 Å². The quantitative estimate of drug-likeness (QED) is 0.771. The molecule has 6 heteroatoms. The van der Waals surface area contributed by atoms with Crippen LogP contribution in [-0.4, -0.2) is 44.0 Å². The van der Waals surface area contributed by atoms with Gasteiger partial charge in [0.1, 0.15) is 11.5 Å². The van der Waals surface area contributed by atoms with Crippen LogP contribution in [0.1, 0.15) is 41.6 Å². The molecular weight excluding hydrogens is 368 g/mol. The van der Waals surface area contributed by atoms with Gasteiger partial charge in [-0.25, -0.2) is 0 Å². The molecule has 0 aromatic heterocycles. The second-order valence-corrected chi connectivity index (χ2v) is 7.16. The molecule has 2 amide bonds. The molecule has 0 atom stereocenters. The Bertz CT molecular complexity index is 860. The van der Waals surface area contributed by atoms with Gasteiger partial charge in [-0.1, -0.05) is 6.07 Å². The first-order valence-electron chi connectivity index (χ1n) is 10.0. The fourth-order valence-electron chi connectivity index (χ4n) is 3.56. The van der Waals surface area contributed by atoms with Crippen molar-refractivity contribution in [2.75, 3.05) is 32.6 Å². The third-order valence-electron chi connectivity index (χ3n) is 5.15. The summed E-state index contributed by atoms with van der Waals surface area (Å²) >= 11 is 0. The van der Waals surface area contributed by atoms with Crippen LogP contribution in [0, 0.1) is 0 Å². The van der Waals surface area contributed by atoms with Crippen molar-refractivity contribution in [3.63, 3.8) is 0 Å². The van der Waals surface area contributed by atoms with Crippen molar-refractivity contribution < 1.29 is 19.1 Å². The predicted molar refractivity (Wildman–Crippen MR) is 113 cm³/mol. The van der Waals surface area contributed by atoms with Gasteiger partial charge >= 0.3 is 0 Å². The molecule has 0 unspecified atom stereocenters. The normalized spacial score (nSPS) is 13.7. The minimum absolute atomic E-state index is 0.0296. The monoisotopic (exact) mass is 396 g/mol. The van der Waals surface area contributed by atoms with Crippen molar-refractivity contribution in [2.45, 2.75) is 32.1 Å². The van der Waals surface area contributed by atoms with Gasteiger partial charge in [0, 0.05) is 30.8 Å². The maximum atomic E-state index is 12.7. The molecule has 1 heterocycles. The Morgan fingerprint density at radius 1 is 1.00 bits per heavy atom. The molecule has 1 fully saturated rings. The minimum atomic E-state index is -0.113. The highest BCUT2D eigenvalue weighted by molar-refractivity contribution is 5.97. The maximum Gasteiger partial charge on any atom is 0.253 e. The largest absolute Gasteiger partial charge is 0.497 e. The van der Waals surface area contributed by atoms with Crippen LogP contribution < -0.4 is 14.8 Å². The molecule has 3 rings (SSSR count). The van der Waals surface area contributed by atoms with Crippen LogP contribution >= 0.6 is 0 Å². The summed E-state index contributed by atoms with van der Waals surface area (Å²) in [5.74, 6) is 1.37. The lowest BCUT2D eigenvalue weighted by Crippen LogP contribution is -2.35. The number of piperidine rings is 1. The Hall–Kier alpha value is -3.02. The lowest BCUT2D eigenvalue weighted by molar-refractivity contribution is -0.116. The van der Waals surface area contributed by atoms with E-state index >= 15 is 0 Å². The molecule has 0 spiro atoms. The third kappa shape index (κ3) is 5.50. The molecule has 0 bridgehead atoms. The van der Waals surface area contributed by atoms with E-state index in [1.165, 1.54) is 6.42 Å². The number of likely N-dealkylation sites (tertiary alicyclic amines) is 1. The topological polar surface area (TPSA) is 67.9 Å². The van der Waals surface area contributed by atoms with Crippen LogP contribution in [0.15, 0.2) is 42.5 Å². The van der Waals surface area contributed by atoms with Gasteiger partial charge in [-0.2, -0.15) is 0 Å². The number of carbonyl (C=O) groups is 2. The average molecular weight is 396 g/mol. The smallest absolute Gasteiger partial charge is 0.253 e. The van der Waals surface area contributed by atoms with E-state index in [9.17, 15) is 9.59 Å². The van der Waals surface area contributed by atoms with E-state index in [0.29, 0.717) is 24.1 Å². The highest BCUT2D eigenvalue weighted by Gasteiger charge is 2.18. The average Bonchev–Trinajstić information content (AvgIpc) is 2.77. The molecule has 0 radical (unpaired) electrons. The highest BCUT2D eigenvalue weighted by Crippen LogP contribution is 2.25. The van der Waals surface area contributed by atoms with Crippen LogP contribution in [0.2, 0.25) is 0 Å². The van der Waals surface area contributed by atoms with Crippen LogP contribution in [0.3, 0.4) is 0 Å². The van der Waals surface area contributed by atoms with Crippen LogP contribution in [0.4, 0.5) is 5.69 Å². The van der Waals surface area contributed by atoms with Gasteiger partial charge in [0.15, 0.2) is 0 Å². The Labute approximate surface area is 171 Å².